The fourth-order valence-electron chi connectivity index (χ4n) is 1.31. The lowest BCUT2D eigenvalue weighted by molar-refractivity contribution is -0.384. The van der Waals surface area contributed by atoms with Gasteiger partial charge < -0.3 is 5.32 Å². The van der Waals surface area contributed by atoms with Crippen molar-refractivity contribution in [1.82, 2.24) is 0 Å². The van der Waals surface area contributed by atoms with Crippen LogP contribution in [-0.4, -0.2) is 27.7 Å². The first-order valence-electron chi connectivity index (χ1n) is 4.98. The molecular formula is C10H13FN2O3S. The highest BCUT2D eigenvalue weighted by atomic mass is 32.2. The molecule has 94 valence electrons. The first-order valence-corrected chi connectivity index (χ1v) is 6.71. The maximum absolute atomic E-state index is 12.9. The predicted octanol–water partition coefficient (Wildman–Crippen LogP) is 1.91. The van der Waals surface area contributed by atoms with Gasteiger partial charge in [0.05, 0.1) is 4.92 Å². The normalized spacial score (nSPS) is 12.1. The summed E-state index contributed by atoms with van der Waals surface area (Å²) in [5.74, 6) is -0.0204. The minimum absolute atomic E-state index is 0.150. The Morgan fingerprint density at radius 2 is 2.24 bits per heavy atom. The van der Waals surface area contributed by atoms with Crippen LogP contribution in [0.4, 0.5) is 15.8 Å². The van der Waals surface area contributed by atoms with Gasteiger partial charge in [-0.1, -0.05) is 0 Å². The van der Waals surface area contributed by atoms with Gasteiger partial charge in [-0.2, -0.15) is 0 Å². The standard InChI is InChI=1S/C10H13FN2O3S/c1-17(16)6-2-5-12-9-7-8(11)3-4-10(9)13(14)15/h3-4,7,12H,2,5-6H2,1H3/t17-/m0/s1. The SMILES string of the molecule is C[S@](=O)CCCNc1cc(F)ccc1[N+](=O)[O-]. The topological polar surface area (TPSA) is 72.2 Å². The Kier molecular flexibility index (Phi) is 5.02. The molecular weight excluding hydrogens is 247 g/mol. The van der Waals surface area contributed by atoms with Gasteiger partial charge in [-0.25, -0.2) is 4.39 Å². The summed E-state index contributed by atoms with van der Waals surface area (Å²) in [6, 6.07) is 3.25. The second kappa shape index (κ2) is 6.29. The molecule has 0 unspecified atom stereocenters. The lowest BCUT2D eigenvalue weighted by Gasteiger charge is -2.06. The summed E-state index contributed by atoms with van der Waals surface area (Å²) in [6.45, 7) is 0.421. The Bertz CT molecular complexity index is 440. The summed E-state index contributed by atoms with van der Waals surface area (Å²) in [5.41, 5.74) is -0.0130. The molecule has 0 bridgehead atoms. The van der Waals surface area contributed by atoms with Crippen molar-refractivity contribution in [2.45, 2.75) is 6.42 Å². The van der Waals surface area contributed by atoms with Crippen LogP contribution in [0.2, 0.25) is 0 Å². The van der Waals surface area contributed by atoms with Crippen molar-refractivity contribution in [2.75, 3.05) is 23.9 Å². The zero-order valence-electron chi connectivity index (χ0n) is 9.31. The molecule has 0 aliphatic rings. The van der Waals surface area contributed by atoms with E-state index in [0.717, 1.165) is 18.2 Å². The zero-order valence-corrected chi connectivity index (χ0v) is 10.1. The van der Waals surface area contributed by atoms with E-state index in [4.69, 9.17) is 0 Å². The maximum Gasteiger partial charge on any atom is 0.292 e. The number of anilines is 1. The average molecular weight is 260 g/mol. The quantitative estimate of drug-likeness (QED) is 0.482. The summed E-state index contributed by atoms with van der Waals surface area (Å²) in [7, 11) is -0.890. The van der Waals surface area contributed by atoms with Crippen molar-refractivity contribution in [3.05, 3.63) is 34.1 Å². The van der Waals surface area contributed by atoms with Gasteiger partial charge >= 0.3 is 0 Å². The lowest BCUT2D eigenvalue weighted by Crippen LogP contribution is -2.08. The molecule has 0 aliphatic heterocycles. The lowest BCUT2D eigenvalue weighted by atomic mass is 10.2. The Labute approximate surface area is 101 Å². The van der Waals surface area contributed by atoms with E-state index in [1.165, 1.54) is 0 Å². The molecule has 1 atom stereocenters. The van der Waals surface area contributed by atoms with Gasteiger partial charge in [-0.05, 0) is 12.5 Å². The molecule has 0 saturated heterocycles. The molecule has 0 aromatic heterocycles. The second-order valence-corrected chi connectivity index (χ2v) is 5.03. The molecule has 0 radical (unpaired) electrons. The third-order valence-corrected chi connectivity index (χ3v) is 2.94. The molecule has 5 nitrogen and oxygen atoms in total. The molecule has 0 saturated carbocycles. The van der Waals surface area contributed by atoms with E-state index in [1.54, 1.807) is 6.26 Å². The van der Waals surface area contributed by atoms with Crippen LogP contribution in [0.15, 0.2) is 18.2 Å². The minimum atomic E-state index is -0.890. The summed E-state index contributed by atoms with van der Waals surface area (Å²) in [5, 5.41) is 13.4. The van der Waals surface area contributed by atoms with Gasteiger partial charge in [-0.3, -0.25) is 14.3 Å². The van der Waals surface area contributed by atoms with Crippen LogP contribution in [0.3, 0.4) is 0 Å². The molecule has 0 amide bonds. The third-order valence-electron chi connectivity index (χ3n) is 2.08. The van der Waals surface area contributed by atoms with Crippen LogP contribution in [0, 0.1) is 15.9 Å². The Hall–Kier alpha value is -1.50. The molecule has 0 spiro atoms. The van der Waals surface area contributed by atoms with Crippen molar-refractivity contribution in [1.29, 1.82) is 0 Å². The summed E-state index contributed by atoms with van der Waals surface area (Å²) >= 11 is 0. The maximum atomic E-state index is 12.9. The van der Waals surface area contributed by atoms with Crippen molar-refractivity contribution in [3.8, 4) is 0 Å². The highest BCUT2D eigenvalue weighted by molar-refractivity contribution is 7.84. The molecule has 1 rings (SSSR count). The second-order valence-electron chi connectivity index (χ2n) is 3.48. The van der Waals surface area contributed by atoms with E-state index in [1.807, 2.05) is 0 Å². The van der Waals surface area contributed by atoms with Gasteiger partial charge in [0.2, 0.25) is 0 Å². The van der Waals surface area contributed by atoms with Crippen LogP contribution in [0.1, 0.15) is 6.42 Å². The van der Waals surface area contributed by atoms with Gasteiger partial charge in [0, 0.05) is 41.5 Å². The van der Waals surface area contributed by atoms with Crippen LogP contribution in [0.5, 0.6) is 0 Å². The van der Waals surface area contributed by atoms with Crippen LogP contribution < -0.4 is 5.32 Å². The van der Waals surface area contributed by atoms with Gasteiger partial charge in [-0.15, -0.1) is 0 Å². The fourth-order valence-corrected chi connectivity index (χ4v) is 1.86. The number of halogens is 1. The highest BCUT2D eigenvalue weighted by Gasteiger charge is 2.13. The summed E-state index contributed by atoms with van der Waals surface area (Å²) in [6.07, 6.45) is 2.20. The van der Waals surface area contributed by atoms with Crippen LogP contribution >= 0.6 is 0 Å². The predicted molar refractivity (Wildman–Crippen MR) is 65.1 cm³/mol. The summed E-state index contributed by atoms with van der Waals surface area (Å²) < 4.78 is 23.7. The van der Waals surface area contributed by atoms with Crippen LogP contribution in [-0.2, 0) is 10.8 Å². The molecule has 1 N–H and O–H groups in total. The number of benzene rings is 1. The molecule has 0 heterocycles. The summed E-state index contributed by atoms with van der Waals surface area (Å²) in [4.78, 5) is 10.1. The third kappa shape index (κ3) is 4.48. The van der Waals surface area contributed by atoms with Gasteiger partial charge in [0.1, 0.15) is 11.5 Å². The number of rotatable bonds is 6. The average Bonchev–Trinajstić information content (AvgIpc) is 2.23. The van der Waals surface area contributed by atoms with E-state index < -0.39 is 21.5 Å². The van der Waals surface area contributed by atoms with E-state index in [2.05, 4.69) is 5.32 Å². The van der Waals surface area contributed by atoms with Crippen molar-refractivity contribution < 1.29 is 13.5 Å². The first-order chi connectivity index (χ1) is 8.00. The van der Waals surface area contributed by atoms with E-state index >= 15 is 0 Å². The van der Waals surface area contributed by atoms with E-state index in [0.29, 0.717) is 18.7 Å². The number of nitro groups is 1. The number of nitro benzene ring substituents is 1. The first kappa shape index (κ1) is 13.6. The van der Waals surface area contributed by atoms with Crippen molar-refractivity contribution in [2.24, 2.45) is 0 Å². The molecule has 0 fully saturated rings. The van der Waals surface area contributed by atoms with Crippen molar-refractivity contribution >= 4 is 22.2 Å². The number of hydrogen-bond acceptors (Lipinski definition) is 4. The molecule has 1 aromatic carbocycles. The van der Waals surface area contributed by atoms with Gasteiger partial charge in [0.25, 0.3) is 5.69 Å². The number of nitrogens with zero attached hydrogens (tertiary/aromatic N) is 1. The largest absolute Gasteiger partial charge is 0.379 e. The number of nitrogens with one attached hydrogen (secondary N) is 1. The Morgan fingerprint density at radius 3 is 2.82 bits per heavy atom. The highest BCUT2D eigenvalue weighted by Crippen LogP contribution is 2.24. The van der Waals surface area contributed by atoms with Crippen LogP contribution in [0.25, 0.3) is 0 Å². The smallest absolute Gasteiger partial charge is 0.292 e. The van der Waals surface area contributed by atoms with E-state index in [-0.39, 0.29) is 11.4 Å². The van der Waals surface area contributed by atoms with Crippen molar-refractivity contribution in [3.63, 3.8) is 0 Å². The number of hydrogen-bond donors (Lipinski definition) is 1. The zero-order chi connectivity index (χ0) is 12.8. The monoisotopic (exact) mass is 260 g/mol. The van der Waals surface area contributed by atoms with Gasteiger partial charge in [0.15, 0.2) is 0 Å². The molecule has 1 aromatic rings. The Morgan fingerprint density at radius 1 is 1.53 bits per heavy atom. The van der Waals surface area contributed by atoms with E-state index in [9.17, 15) is 18.7 Å². The fraction of sp³-hybridized carbons (Fsp3) is 0.400. The molecule has 17 heavy (non-hydrogen) atoms. The molecule has 0 aliphatic carbocycles. The molecule has 7 heteroatoms. The minimum Gasteiger partial charge on any atom is -0.379 e. The Balaban J connectivity index is 2.65.